The van der Waals surface area contributed by atoms with Crippen LogP contribution in [0, 0.1) is 0 Å². The second-order valence-electron chi connectivity index (χ2n) is 5.70. The molecule has 1 N–H and O–H groups in total. The van der Waals surface area contributed by atoms with Gasteiger partial charge in [-0.25, -0.2) is 12.7 Å². The summed E-state index contributed by atoms with van der Waals surface area (Å²) in [6.07, 6.45) is 8.03. The second kappa shape index (κ2) is 6.35. The Bertz CT molecular complexity index is 344. The van der Waals surface area contributed by atoms with Crippen LogP contribution in [0.15, 0.2) is 0 Å². The summed E-state index contributed by atoms with van der Waals surface area (Å²) in [5, 5.41) is 3.03. The van der Waals surface area contributed by atoms with Crippen LogP contribution < -0.4 is 5.32 Å². The second-order valence-corrected chi connectivity index (χ2v) is 8.06. The Balaban J connectivity index is 1.88. The maximum absolute atomic E-state index is 12.5. The molecule has 1 aliphatic heterocycles. The molecule has 0 spiro atoms. The SMILES string of the molecule is CC(CNC1CC1)S(=O)(=O)N1CCCCCCC1. The predicted octanol–water partition coefficient (Wildman–Crippen LogP) is 1.72. The number of nitrogens with zero attached hydrogens (tertiary/aromatic N) is 1. The van der Waals surface area contributed by atoms with Crippen molar-refractivity contribution in [2.45, 2.75) is 63.2 Å². The molecular weight excluding hydrogens is 248 g/mol. The van der Waals surface area contributed by atoms with Crippen LogP contribution in [-0.4, -0.2) is 43.6 Å². The number of sulfonamides is 1. The summed E-state index contributed by atoms with van der Waals surface area (Å²) in [6, 6.07) is 0.579. The zero-order valence-electron chi connectivity index (χ0n) is 11.4. The van der Waals surface area contributed by atoms with Crippen molar-refractivity contribution in [3.63, 3.8) is 0 Å². The minimum absolute atomic E-state index is 0.294. The molecule has 0 aromatic heterocycles. The quantitative estimate of drug-likeness (QED) is 0.830. The fraction of sp³-hybridized carbons (Fsp3) is 1.00. The van der Waals surface area contributed by atoms with Gasteiger partial charge < -0.3 is 5.32 Å². The average molecular weight is 274 g/mol. The molecule has 1 heterocycles. The molecular formula is C13H26N2O2S. The van der Waals surface area contributed by atoms with Crippen molar-refractivity contribution in [2.75, 3.05) is 19.6 Å². The van der Waals surface area contributed by atoms with E-state index in [0.29, 0.717) is 12.6 Å². The number of hydrogen-bond donors (Lipinski definition) is 1. The van der Waals surface area contributed by atoms with E-state index in [1.165, 1.54) is 32.1 Å². The van der Waals surface area contributed by atoms with E-state index in [-0.39, 0.29) is 5.25 Å². The molecule has 1 atom stereocenters. The third-order valence-corrected chi connectivity index (χ3v) is 6.22. The molecule has 5 heteroatoms. The fourth-order valence-electron chi connectivity index (χ4n) is 2.45. The van der Waals surface area contributed by atoms with Gasteiger partial charge in [0.05, 0.1) is 5.25 Å². The van der Waals surface area contributed by atoms with E-state index < -0.39 is 10.0 Å². The van der Waals surface area contributed by atoms with E-state index in [1.54, 1.807) is 4.31 Å². The van der Waals surface area contributed by atoms with Crippen LogP contribution in [0.3, 0.4) is 0 Å². The van der Waals surface area contributed by atoms with Gasteiger partial charge in [-0.1, -0.05) is 19.3 Å². The van der Waals surface area contributed by atoms with E-state index in [9.17, 15) is 8.42 Å². The zero-order chi connectivity index (χ0) is 13.0. The highest BCUT2D eigenvalue weighted by molar-refractivity contribution is 7.89. The molecule has 1 saturated carbocycles. The van der Waals surface area contributed by atoms with Crippen molar-refractivity contribution in [3.8, 4) is 0 Å². The molecule has 0 aromatic rings. The van der Waals surface area contributed by atoms with E-state index in [0.717, 1.165) is 25.9 Å². The standard InChI is InChI=1S/C13H26N2O2S/c1-12(11-14-13-7-8-13)18(16,17)15-9-5-3-2-4-6-10-15/h12-14H,2-11H2,1H3. The summed E-state index contributed by atoms with van der Waals surface area (Å²) in [5.74, 6) is 0. The molecule has 1 saturated heterocycles. The van der Waals surface area contributed by atoms with E-state index in [2.05, 4.69) is 5.32 Å². The lowest BCUT2D eigenvalue weighted by Crippen LogP contribution is -2.43. The Morgan fingerprint density at radius 1 is 1.11 bits per heavy atom. The maximum Gasteiger partial charge on any atom is 0.217 e. The van der Waals surface area contributed by atoms with Crippen LogP contribution in [0.4, 0.5) is 0 Å². The van der Waals surface area contributed by atoms with Crippen LogP contribution in [0.25, 0.3) is 0 Å². The van der Waals surface area contributed by atoms with Gasteiger partial charge in [-0.15, -0.1) is 0 Å². The van der Waals surface area contributed by atoms with Crippen molar-refractivity contribution < 1.29 is 8.42 Å². The lowest BCUT2D eigenvalue weighted by atomic mass is 10.1. The smallest absolute Gasteiger partial charge is 0.217 e. The summed E-state index contributed by atoms with van der Waals surface area (Å²) in [4.78, 5) is 0. The minimum atomic E-state index is -3.10. The Morgan fingerprint density at radius 2 is 1.67 bits per heavy atom. The molecule has 106 valence electrons. The van der Waals surface area contributed by atoms with Gasteiger partial charge in [0.25, 0.3) is 0 Å². The highest BCUT2D eigenvalue weighted by atomic mass is 32.2. The minimum Gasteiger partial charge on any atom is -0.313 e. The molecule has 1 unspecified atom stereocenters. The summed E-state index contributed by atoms with van der Waals surface area (Å²) in [5.41, 5.74) is 0. The summed E-state index contributed by atoms with van der Waals surface area (Å²) in [7, 11) is -3.10. The Kier molecular flexibility index (Phi) is 5.04. The van der Waals surface area contributed by atoms with E-state index >= 15 is 0 Å². The zero-order valence-corrected chi connectivity index (χ0v) is 12.2. The van der Waals surface area contributed by atoms with Gasteiger partial charge >= 0.3 is 0 Å². The first-order chi connectivity index (χ1) is 8.60. The van der Waals surface area contributed by atoms with Gasteiger partial charge in [0.15, 0.2) is 0 Å². The molecule has 2 aliphatic rings. The molecule has 1 aliphatic carbocycles. The first-order valence-corrected chi connectivity index (χ1v) is 8.83. The highest BCUT2D eigenvalue weighted by Gasteiger charge is 2.30. The number of nitrogens with one attached hydrogen (secondary N) is 1. The molecule has 0 amide bonds. The largest absolute Gasteiger partial charge is 0.313 e. The van der Waals surface area contributed by atoms with Crippen molar-refractivity contribution in [1.29, 1.82) is 0 Å². The van der Waals surface area contributed by atoms with Crippen LogP contribution in [0.5, 0.6) is 0 Å². The summed E-state index contributed by atoms with van der Waals surface area (Å²) < 4.78 is 26.7. The van der Waals surface area contributed by atoms with E-state index in [4.69, 9.17) is 0 Å². The predicted molar refractivity (Wildman–Crippen MR) is 74.1 cm³/mol. The van der Waals surface area contributed by atoms with Gasteiger partial charge in [0.1, 0.15) is 0 Å². The van der Waals surface area contributed by atoms with Crippen molar-refractivity contribution in [1.82, 2.24) is 9.62 Å². The van der Waals surface area contributed by atoms with Crippen molar-refractivity contribution >= 4 is 10.0 Å². The molecule has 4 nitrogen and oxygen atoms in total. The fourth-order valence-corrected chi connectivity index (χ4v) is 4.04. The first-order valence-electron chi connectivity index (χ1n) is 7.33. The molecule has 0 aromatic carbocycles. The lowest BCUT2D eigenvalue weighted by Gasteiger charge is -2.27. The van der Waals surface area contributed by atoms with Crippen LogP contribution in [-0.2, 0) is 10.0 Å². The van der Waals surface area contributed by atoms with Gasteiger partial charge in [-0.3, -0.25) is 0 Å². The average Bonchev–Trinajstić information content (AvgIpc) is 3.08. The Morgan fingerprint density at radius 3 is 2.22 bits per heavy atom. The van der Waals surface area contributed by atoms with Crippen LogP contribution >= 0.6 is 0 Å². The number of rotatable bonds is 5. The molecule has 0 radical (unpaired) electrons. The van der Waals surface area contributed by atoms with Crippen molar-refractivity contribution in [3.05, 3.63) is 0 Å². The lowest BCUT2D eigenvalue weighted by molar-refractivity contribution is 0.359. The molecule has 2 fully saturated rings. The third-order valence-electron chi connectivity index (χ3n) is 3.95. The van der Waals surface area contributed by atoms with E-state index in [1.807, 2.05) is 6.92 Å². The van der Waals surface area contributed by atoms with Gasteiger partial charge in [-0.05, 0) is 32.6 Å². The highest BCUT2D eigenvalue weighted by Crippen LogP contribution is 2.20. The normalized spacial score (nSPS) is 25.4. The van der Waals surface area contributed by atoms with Crippen LogP contribution in [0.1, 0.15) is 51.9 Å². The van der Waals surface area contributed by atoms with Gasteiger partial charge in [-0.2, -0.15) is 0 Å². The molecule has 18 heavy (non-hydrogen) atoms. The Hall–Kier alpha value is -0.130. The van der Waals surface area contributed by atoms with Crippen molar-refractivity contribution in [2.24, 2.45) is 0 Å². The summed E-state index contributed by atoms with van der Waals surface area (Å²) >= 11 is 0. The molecule has 2 rings (SSSR count). The first kappa shape index (κ1) is 14.3. The number of hydrogen-bond acceptors (Lipinski definition) is 3. The topological polar surface area (TPSA) is 49.4 Å². The maximum atomic E-state index is 12.5. The van der Waals surface area contributed by atoms with Gasteiger partial charge in [0, 0.05) is 25.7 Å². The third kappa shape index (κ3) is 3.93. The monoisotopic (exact) mass is 274 g/mol. The van der Waals surface area contributed by atoms with Crippen LogP contribution in [0.2, 0.25) is 0 Å². The summed E-state index contributed by atoms with van der Waals surface area (Å²) in [6.45, 7) is 3.87. The molecule has 0 bridgehead atoms. The van der Waals surface area contributed by atoms with Gasteiger partial charge in [0.2, 0.25) is 10.0 Å². The Labute approximate surface area is 111 Å².